The van der Waals surface area contributed by atoms with Crippen LogP contribution in [0.25, 0.3) is 0 Å². The third-order valence-electron chi connectivity index (χ3n) is 9.53. The number of carbonyl (C=O) groups excluding carboxylic acids is 2. The van der Waals surface area contributed by atoms with E-state index in [1.165, 1.54) is 5.56 Å². The zero-order valence-corrected chi connectivity index (χ0v) is 22.9. The van der Waals surface area contributed by atoms with Gasteiger partial charge in [0.1, 0.15) is 17.5 Å². The number of amides is 1. The number of aliphatic hydroxyl groups is 1. The molecule has 5 rings (SSSR count). The first-order valence-corrected chi connectivity index (χ1v) is 13.6. The molecule has 3 aliphatic heterocycles. The summed E-state index contributed by atoms with van der Waals surface area (Å²) in [6, 6.07) is 5.81. The molecule has 0 unspecified atom stereocenters. The Morgan fingerprint density at radius 3 is 2.65 bits per heavy atom. The van der Waals surface area contributed by atoms with E-state index in [9.17, 15) is 14.7 Å². The molecule has 0 bridgehead atoms. The van der Waals surface area contributed by atoms with Crippen molar-refractivity contribution in [2.24, 2.45) is 11.3 Å². The molecule has 2 N–H and O–H groups in total. The van der Waals surface area contributed by atoms with E-state index < -0.39 is 28.6 Å². The minimum atomic E-state index is -1.54. The van der Waals surface area contributed by atoms with Gasteiger partial charge in [-0.2, -0.15) is 0 Å². The lowest BCUT2D eigenvalue weighted by Gasteiger charge is -2.64. The van der Waals surface area contributed by atoms with Gasteiger partial charge in [-0.1, -0.05) is 45.9 Å². The predicted molar refractivity (Wildman–Crippen MR) is 142 cm³/mol. The first kappa shape index (κ1) is 26.0. The van der Waals surface area contributed by atoms with Crippen LogP contribution in [0.1, 0.15) is 52.5 Å². The minimum absolute atomic E-state index is 0.0000939. The molecule has 0 radical (unpaired) electrons. The molecule has 4 aliphatic rings. The van der Waals surface area contributed by atoms with Crippen LogP contribution in [0, 0.1) is 11.3 Å². The van der Waals surface area contributed by atoms with Gasteiger partial charge in [-0.15, -0.1) is 0 Å². The Kier molecular flexibility index (Phi) is 6.35. The van der Waals surface area contributed by atoms with Crippen molar-refractivity contribution in [2.45, 2.75) is 76.2 Å². The lowest BCUT2D eigenvalue weighted by Crippen LogP contribution is -2.81. The van der Waals surface area contributed by atoms with Crippen molar-refractivity contribution in [1.82, 2.24) is 10.2 Å². The van der Waals surface area contributed by atoms with Crippen LogP contribution < -0.4 is 15.0 Å². The third-order valence-corrected chi connectivity index (χ3v) is 9.53. The lowest BCUT2D eigenvalue weighted by atomic mass is 9.47. The fraction of sp³-hybridized carbons (Fsp3) is 0.655. The van der Waals surface area contributed by atoms with E-state index in [-0.39, 0.29) is 30.4 Å². The quantitative estimate of drug-likeness (QED) is 0.430. The lowest BCUT2D eigenvalue weighted by molar-refractivity contribution is -0.220. The van der Waals surface area contributed by atoms with Crippen molar-refractivity contribution in [3.8, 4) is 5.75 Å². The summed E-state index contributed by atoms with van der Waals surface area (Å²) >= 11 is 0. The van der Waals surface area contributed by atoms with E-state index in [0.717, 1.165) is 30.9 Å². The van der Waals surface area contributed by atoms with Gasteiger partial charge < -0.3 is 24.8 Å². The topological polar surface area (TPSA) is 91.3 Å². The standard InChI is InChI=1S/C29H41N3O5/c1-7-22(33)30-17-29(35)25-28(20-11-10-19(36-6)16-21(20)31(25)5)13-15-32-14-9-12-27(8-2,24(28)32)26(29)37-23(34)18(3)4/h9-12,16,18,24-26,35H,7-8,13-15,17H2,1-6H3,(H,30,33)/t24-,25+,26+,27+,28+,29-/m0/s1. The highest BCUT2D eigenvalue weighted by molar-refractivity contribution is 5.76. The van der Waals surface area contributed by atoms with Crippen LogP contribution >= 0.6 is 0 Å². The number of rotatable bonds is 7. The van der Waals surface area contributed by atoms with E-state index in [0.29, 0.717) is 12.8 Å². The molecule has 202 valence electrons. The third kappa shape index (κ3) is 3.41. The van der Waals surface area contributed by atoms with Crippen molar-refractivity contribution in [2.75, 3.05) is 38.7 Å². The van der Waals surface area contributed by atoms with Crippen LogP contribution in [0.15, 0.2) is 30.4 Å². The van der Waals surface area contributed by atoms with Crippen LogP contribution in [0.5, 0.6) is 5.75 Å². The highest BCUT2D eigenvalue weighted by Gasteiger charge is 2.77. The number of carbonyl (C=O) groups is 2. The van der Waals surface area contributed by atoms with Gasteiger partial charge in [0, 0.05) is 48.6 Å². The molecular weight excluding hydrogens is 470 g/mol. The molecule has 1 spiro atoms. The molecule has 1 saturated carbocycles. The van der Waals surface area contributed by atoms with E-state index >= 15 is 0 Å². The highest BCUT2D eigenvalue weighted by Crippen LogP contribution is 2.67. The number of nitrogens with one attached hydrogen (secondary N) is 1. The van der Waals surface area contributed by atoms with E-state index in [2.05, 4.69) is 40.3 Å². The van der Waals surface area contributed by atoms with Gasteiger partial charge in [0.05, 0.1) is 25.6 Å². The van der Waals surface area contributed by atoms with Crippen molar-refractivity contribution in [1.29, 1.82) is 0 Å². The van der Waals surface area contributed by atoms with E-state index in [1.807, 2.05) is 33.0 Å². The second-order valence-corrected chi connectivity index (χ2v) is 11.5. The van der Waals surface area contributed by atoms with Crippen molar-refractivity contribution in [3.63, 3.8) is 0 Å². The largest absolute Gasteiger partial charge is 0.497 e. The number of ether oxygens (including phenoxy) is 2. The van der Waals surface area contributed by atoms with Gasteiger partial charge in [-0.3, -0.25) is 14.5 Å². The predicted octanol–water partition coefficient (Wildman–Crippen LogP) is 2.63. The van der Waals surface area contributed by atoms with Gasteiger partial charge in [0.25, 0.3) is 0 Å². The Labute approximate surface area is 220 Å². The number of fused-ring (bicyclic) bond motifs is 1. The fourth-order valence-corrected chi connectivity index (χ4v) is 8.10. The summed E-state index contributed by atoms with van der Waals surface area (Å²) in [5.41, 5.74) is -0.370. The second kappa shape index (κ2) is 9.02. The molecule has 1 saturated heterocycles. The average molecular weight is 512 g/mol. The van der Waals surface area contributed by atoms with Crippen LogP contribution in [0.4, 0.5) is 5.69 Å². The summed E-state index contributed by atoms with van der Waals surface area (Å²) in [6.07, 6.45) is 5.39. The SMILES string of the molecule is CCC(=O)NC[C@@]1(O)[C@H](OC(=O)C(C)C)[C@]2(CC)C=CCN3CC[C@@]4(c5ccc(OC)cc5N(C)[C@@H]14)[C@@H]32. The van der Waals surface area contributed by atoms with Gasteiger partial charge in [0.15, 0.2) is 0 Å². The highest BCUT2D eigenvalue weighted by atomic mass is 16.6. The number of anilines is 1. The zero-order valence-electron chi connectivity index (χ0n) is 22.9. The van der Waals surface area contributed by atoms with Gasteiger partial charge in [0.2, 0.25) is 5.91 Å². The number of methoxy groups -OCH3 is 1. The van der Waals surface area contributed by atoms with Crippen molar-refractivity contribution < 1.29 is 24.2 Å². The number of likely N-dealkylation sites (N-methyl/N-ethyl adjacent to an activating group) is 1. The summed E-state index contributed by atoms with van der Waals surface area (Å²) in [5, 5.41) is 16.0. The smallest absolute Gasteiger partial charge is 0.308 e. The molecule has 0 aromatic heterocycles. The van der Waals surface area contributed by atoms with Gasteiger partial charge >= 0.3 is 5.97 Å². The molecule has 2 fully saturated rings. The van der Waals surface area contributed by atoms with Crippen molar-refractivity contribution >= 4 is 17.6 Å². The molecule has 1 aromatic carbocycles. The maximum absolute atomic E-state index is 13.2. The van der Waals surface area contributed by atoms with Crippen LogP contribution in [-0.2, 0) is 19.7 Å². The molecular formula is C29H41N3O5. The Bertz CT molecular complexity index is 1120. The Balaban J connectivity index is 1.78. The normalized spacial score (nSPS) is 35.7. The maximum atomic E-state index is 13.2. The van der Waals surface area contributed by atoms with Gasteiger partial charge in [-0.25, -0.2) is 0 Å². The Hall–Kier alpha value is -2.58. The van der Waals surface area contributed by atoms with Crippen LogP contribution in [0.2, 0.25) is 0 Å². The monoisotopic (exact) mass is 511 g/mol. The second-order valence-electron chi connectivity index (χ2n) is 11.5. The first-order chi connectivity index (χ1) is 17.6. The summed E-state index contributed by atoms with van der Waals surface area (Å²) in [5.74, 6) is -0.0680. The molecule has 37 heavy (non-hydrogen) atoms. The summed E-state index contributed by atoms with van der Waals surface area (Å²) in [4.78, 5) is 30.4. The molecule has 1 aromatic rings. The Morgan fingerprint density at radius 1 is 1.24 bits per heavy atom. The first-order valence-electron chi connectivity index (χ1n) is 13.6. The number of hydrogen-bond donors (Lipinski definition) is 2. The molecule has 1 amide bonds. The van der Waals surface area contributed by atoms with E-state index in [4.69, 9.17) is 9.47 Å². The van der Waals surface area contributed by atoms with Gasteiger partial charge in [-0.05, 0) is 31.0 Å². The molecule has 8 heteroatoms. The van der Waals surface area contributed by atoms with Crippen LogP contribution in [0.3, 0.4) is 0 Å². The summed E-state index contributed by atoms with van der Waals surface area (Å²) < 4.78 is 11.9. The van der Waals surface area contributed by atoms with Crippen LogP contribution in [-0.4, -0.2) is 79.5 Å². The fourth-order valence-electron chi connectivity index (χ4n) is 8.10. The summed E-state index contributed by atoms with van der Waals surface area (Å²) in [6.45, 7) is 9.25. The van der Waals surface area contributed by atoms with Crippen molar-refractivity contribution in [3.05, 3.63) is 35.9 Å². The molecule has 3 heterocycles. The maximum Gasteiger partial charge on any atom is 0.308 e. The number of esters is 1. The molecule has 6 atom stereocenters. The summed E-state index contributed by atoms with van der Waals surface area (Å²) in [7, 11) is 3.66. The Morgan fingerprint density at radius 2 is 2.00 bits per heavy atom. The average Bonchev–Trinajstić information content (AvgIpc) is 3.41. The zero-order chi connectivity index (χ0) is 26.8. The number of nitrogens with zero attached hydrogens (tertiary/aromatic N) is 2. The molecule has 1 aliphatic carbocycles. The number of hydrogen-bond acceptors (Lipinski definition) is 7. The molecule has 8 nitrogen and oxygen atoms in total. The number of benzene rings is 1. The van der Waals surface area contributed by atoms with E-state index in [1.54, 1.807) is 14.0 Å². The minimum Gasteiger partial charge on any atom is -0.497 e.